The summed E-state index contributed by atoms with van der Waals surface area (Å²) in [6.45, 7) is 4.93. The molecule has 0 radical (unpaired) electrons. The second-order valence-electron chi connectivity index (χ2n) is 6.04. The standard InChI is InChI=1S/C19H21FO4/c1-3-18-22-13-19(2,24-18)12-21-15-7-9-16(10-8-15)23-17-6-4-5-14(20)11-17/h4-11,18H,3,12-13H2,1-2H3. The van der Waals surface area contributed by atoms with Gasteiger partial charge in [0.1, 0.15) is 35.3 Å². The second-order valence-corrected chi connectivity index (χ2v) is 6.04. The summed E-state index contributed by atoms with van der Waals surface area (Å²) in [5.74, 6) is 1.46. The maximum Gasteiger partial charge on any atom is 0.158 e. The molecular weight excluding hydrogens is 311 g/mol. The van der Waals surface area contributed by atoms with Crippen molar-refractivity contribution in [2.24, 2.45) is 0 Å². The molecule has 0 N–H and O–H groups in total. The maximum atomic E-state index is 13.1. The molecule has 2 atom stereocenters. The lowest BCUT2D eigenvalue weighted by atomic mass is 10.1. The van der Waals surface area contributed by atoms with Gasteiger partial charge in [0.25, 0.3) is 0 Å². The number of benzene rings is 2. The fraction of sp³-hybridized carbons (Fsp3) is 0.368. The van der Waals surface area contributed by atoms with Crippen LogP contribution in [0.4, 0.5) is 4.39 Å². The minimum absolute atomic E-state index is 0.152. The van der Waals surface area contributed by atoms with E-state index >= 15 is 0 Å². The largest absolute Gasteiger partial charge is 0.490 e. The second kappa shape index (κ2) is 7.20. The fourth-order valence-electron chi connectivity index (χ4n) is 2.44. The first kappa shape index (κ1) is 16.7. The molecule has 1 aliphatic rings. The molecule has 3 rings (SSSR count). The zero-order chi connectivity index (χ0) is 17.0. The summed E-state index contributed by atoms with van der Waals surface area (Å²) in [6, 6.07) is 13.2. The molecule has 0 aliphatic carbocycles. The number of halogens is 1. The SMILES string of the molecule is CCC1OCC(C)(COc2ccc(Oc3cccc(F)c3)cc2)O1. The van der Waals surface area contributed by atoms with Crippen LogP contribution in [0.25, 0.3) is 0 Å². The molecule has 5 heteroatoms. The molecule has 2 aromatic rings. The van der Waals surface area contributed by atoms with E-state index in [0.717, 1.165) is 6.42 Å². The van der Waals surface area contributed by atoms with Crippen LogP contribution in [0.5, 0.6) is 17.2 Å². The molecule has 1 heterocycles. The molecule has 4 nitrogen and oxygen atoms in total. The third-order valence-electron chi connectivity index (χ3n) is 3.72. The van der Waals surface area contributed by atoms with Crippen LogP contribution < -0.4 is 9.47 Å². The first-order valence-electron chi connectivity index (χ1n) is 8.02. The molecule has 1 fully saturated rings. The molecule has 0 saturated carbocycles. The molecule has 0 amide bonds. The van der Waals surface area contributed by atoms with Gasteiger partial charge < -0.3 is 18.9 Å². The average molecular weight is 332 g/mol. The summed E-state index contributed by atoms with van der Waals surface area (Å²) in [4.78, 5) is 0. The predicted molar refractivity (Wildman–Crippen MR) is 87.9 cm³/mol. The van der Waals surface area contributed by atoms with Gasteiger partial charge in [-0.05, 0) is 49.7 Å². The summed E-state index contributed by atoms with van der Waals surface area (Å²) >= 11 is 0. The lowest BCUT2D eigenvalue weighted by Crippen LogP contribution is -2.35. The molecule has 2 unspecified atom stereocenters. The predicted octanol–water partition coefficient (Wildman–Crippen LogP) is 4.54. The molecule has 24 heavy (non-hydrogen) atoms. The van der Waals surface area contributed by atoms with Crippen molar-refractivity contribution in [1.82, 2.24) is 0 Å². The summed E-state index contributed by atoms with van der Waals surface area (Å²) in [5, 5.41) is 0. The first-order chi connectivity index (χ1) is 11.6. The highest BCUT2D eigenvalue weighted by Crippen LogP contribution is 2.27. The normalized spacial score (nSPS) is 23.2. The molecule has 0 bridgehead atoms. The van der Waals surface area contributed by atoms with Crippen LogP contribution in [0.3, 0.4) is 0 Å². The van der Waals surface area contributed by atoms with Crippen LogP contribution >= 0.6 is 0 Å². The molecule has 0 aromatic heterocycles. The van der Waals surface area contributed by atoms with E-state index in [1.54, 1.807) is 24.3 Å². The van der Waals surface area contributed by atoms with Gasteiger partial charge in [-0.25, -0.2) is 4.39 Å². The van der Waals surface area contributed by atoms with E-state index in [2.05, 4.69) is 0 Å². The van der Waals surface area contributed by atoms with E-state index < -0.39 is 5.60 Å². The first-order valence-corrected chi connectivity index (χ1v) is 8.02. The van der Waals surface area contributed by atoms with E-state index in [4.69, 9.17) is 18.9 Å². The van der Waals surface area contributed by atoms with Crippen molar-refractivity contribution in [2.45, 2.75) is 32.2 Å². The third kappa shape index (κ3) is 4.24. The van der Waals surface area contributed by atoms with Gasteiger partial charge in [-0.1, -0.05) is 13.0 Å². The van der Waals surface area contributed by atoms with Crippen molar-refractivity contribution >= 4 is 0 Å². The van der Waals surface area contributed by atoms with Crippen LogP contribution in [0.2, 0.25) is 0 Å². The summed E-state index contributed by atoms with van der Waals surface area (Å²) in [6.07, 6.45) is 0.669. The zero-order valence-corrected chi connectivity index (χ0v) is 13.8. The highest BCUT2D eigenvalue weighted by Gasteiger charge is 2.37. The zero-order valence-electron chi connectivity index (χ0n) is 13.8. The van der Waals surface area contributed by atoms with Gasteiger partial charge in [-0.2, -0.15) is 0 Å². The van der Waals surface area contributed by atoms with Gasteiger partial charge in [0.2, 0.25) is 0 Å². The topological polar surface area (TPSA) is 36.9 Å². The van der Waals surface area contributed by atoms with Crippen molar-refractivity contribution in [2.75, 3.05) is 13.2 Å². The number of hydrogen-bond donors (Lipinski definition) is 0. The monoisotopic (exact) mass is 332 g/mol. The number of hydrogen-bond acceptors (Lipinski definition) is 4. The Kier molecular flexibility index (Phi) is 5.02. The highest BCUT2D eigenvalue weighted by atomic mass is 19.1. The molecule has 0 spiro atoms. The Hall–Kier alpha value is -2.11. The van der Waals surface area contributed by atoms with Crippen molar-refractivity contribution in [1.29, 1.82) is 0 Å². The molecule has 1 saturated heterocycles. The van der Waals surface area contributed by atoms with Crippen molar-refractivity contribution in [3.8, 4) is 17.2 Å². The van der Waals surface area contributed by atoms with Crippen LogP contribution in [-0.4, -0.2) is 25.1 Å². The summed E-state index contributed by atoms with van der Waals surface area (Å²) in [5.41, 5.74) is -0.433. The lowest BCUT2D eigenvalue weighted by Gasteiger charge is -2.22. The van der Waals surface area contributed by atoms with Gasteiger partial charge in [-0.3, -0.25) is 0 Å². The Bertz CT molecular complexity index is 673. The maximum absolute atomic E-state index is 13.1. The van der Waals surface area contributed by atoms with Gasteiger partial charge in [0, 0.05) is 6.07 Å². The Morgan fingerprint density at radius 2 is 1.88 bits per heavy atom. The molecule has 2 aromatic carbocycles. The minimum Gasteiger partial charge on any atom is -0.490 e. The Balaban J connectivity index is 1.55. The number of ether oxygens (including phenoxy) is 4. The molecule has 128 valence electrons. The lowest BCUT2D eigenvalue weighted by molar-refractivity contribution is -0.0950. The molecule has 1 aliphatic heterocycles. The minimum atomic E-state index is -0.433. The fourth-order valence-corrected chi connectivity index (χ4v) is 2.44. The van der Waals surface area contributed by atoms with Gasteiger partial charge in [0.05, 0.1) is 6.61 Å². The Morgan fingerprint density at radius 1 is 1.12 bits per heavy atom. The van der Waals surface area contributed by atoms with Gasteiger partial charge in [0.15, 0.2) is 6.29 Å². The van der Waals surface area contributed by atoms with Crippen LogP contribution in [-0.2, 0) is 9.47 Å². The average Bonchev–Trinajstić information content (AvgIpc) is 2.96. The van der Waals surface area contributed by atoms with Crippen LogP contribution in [0.15, 0.2) is 48.5 Å². The van der Waals surface area contributed by atoms with E-state index in [9.17, 15) is 4.39 Å². The van der Waals surface area contributed by atoms with E-state index in [1.807, 2.05) is 26.0 Å². The van der Waals surface area contributed by atoms with Crippen molar-refractivity contribution in [3.63, 3.8) is 0 Å². The molecular formula is C19H21FO4. The Labute approximate surface area is 141 Å². The third-order valence-corrected chi connectivity index (χ3v) is 3.72. The van der Waals surface area contributed by atoms with Crippen molar-refractivity contribution < 1.29 is 23.3 Å². The van der Waals surface area contributed by atoms with E-state index in [-0.39, 0.29) is 12.1 Å². The summed E-state index contributed by atoms with van der Waals surface area (Å²) in [7, 11) is 0. The Morgan fingerprint density at radius 3 is 2.54 bits per heavy atom. The number of rotatable bonds is 6. The van der Waals surface area contributed by atoms with Gasteiger partial charge >= 0.3 is 0 Å². The van der Waals surface area contributed by atoms with Gasteiger partial charge in [-0.15, -0.1) is 0 Å². The smallest absolute Gasteiger partial charge is 0.158 e. The quantitative estimate of drug-likeness (QED) is 0.778. The summed E-state index contributed by atoms with van der Waals surface area (Å²) < 4.78 is 35.9. The van der Waals surface area contributed by atoms with Crippen LogP contribution in [0, 0.1) is 5.82 Å². The van der Waals surface area contributed by atoms with E-state index in [0.29, 0.717) is 30.5 Å². The van der Waals surface area contributed by atoms with Crippen molar-refractivity contribution in [3.05, 3.63) is 54.3 Å². The highest BCUT2D eigenvalue weighted by molar-refractivity contribution is 5.35. The van der Waals surface area contributed by atoms with E-state index in [1.165, 1.54) is 12.1 Å². The van der Waals surface area contributed by atoms with Crippen LogP contribution in [0.1, 0.15) is 20.3 Å².